The highest BCUT2D eigenvalue weighted by Gasteiger charge is 2.25. The topological polar surface area (TPSA) is 12.4 Å². The van der Waals surface area contributed by atoms with Crippen molar-refractivity contribution in [1.82, 2.24) is 0 Å². The summed E-state index contributed by atoms with van der Waals surface area (Å²) in [5.41, 5.74) is 1.56. The average molecular weight is 135 g/mol. The molecule has 2 unspecified atom stereocenters. The van der Waals surface area contributed by atoms with Crippen LogP contribution in [0.4, 0.5) is 0 Å². The zero-order valence-corrected chi connectivity index (χ0v) is 6.38. The van der Waals surface area contributed by atoms with Gasteiger partial charge < -0.3 is 0 Å². The van der Waals surface area contributed by atoms with Gasteiger partial charge in [0.1, 0.15) is 0 Å². The summed E-state index contributed by atoms with van der Waals surface area (Å²) in [6.45, 7) is 2.23. The van der Waals surface area contributed by atoms with Crippen LogP contribution in [0, 0.1) is 5.92 Å². The molecule has 2 aliphatic rings. The normalized spacial score (nSPS) is 37.5. The van der Waals surface area contributed by atoms with E-state index in [4.69, 9.17) is 0 Å². The lowest BCUT2D eigenvalue weighted by atomic mass is 9.86. The molecule has 0 amide bonds. The van der Waals surface area contributed by atoms with Gasteiger partial charge in [-0.15, -0.1) is 0 Å². The number of rotatable bonds is 0. The number of aliphatic imine (C=N–C) groups is 1. The van der Waals surface area contributed by atoms with Crippen LogP contribution in [-0.4, -0.2) is 12.3 Å². The zero-order valence-electron chi connectivity index (χ0n) is 6.38. The Kier molecular flexibility index (Phi) is 1.37. The Hall–Kier alpha value is -0.590. The Labute approximate surface area is 61.9 Å². The Morgan fingerprint density at radius 2 is 2.40 bits per heavy atom. The molecule has 1 heteroatoms. The fourth-order valence-corrected chi connectivity index (χ4v) is 1.90. The molecule has 1 heterocycles. The van der Waals surface area contributed by atoms with E-state index in [-0.39, 0.29) is 0 Å². The largest absolute Gasteiger partial charge is 0.294 e. The fourth-order valence-electron chi connectivity index (χ4n) is 1.90. The minimum atomic E-state index is 0.642. The Balaban J connectivity index is 2.13. The second kappa shape index (κ2) is 2.22. The second-order valence-corrected chi connectivity index (χ2v) is 3.39. The average Bonchev–Trinajstić information content (AvgIpc) is 2.33. The summed E-state index contributed by atoms with van der Waals surface area (Å²) in [5.74, 6) is 0.852. The molecule has 2 rings (SSSR count). The number of allylic oxidation sites excluding steroid dienone is 1. The summed E-state index contributed by atoms with van der Waals surface area (Å²) in [5, 5.41) is 0. The third kappa shape index (κ3) is 0.898. The van der Waals surface area contributed by atoms with Crippen LogP contribution in [0.2, 0.25) is 0 Å². The minimum Gasteiger partial charge on any atom is -0.294 e. The van der Waals surface area contributed by atoms with Crippen LogP contribution in [0.15, 0.2) is 16.6 Å². The second-order valence-electron chi connectivity index (χ2n) is 3.39. The van der Waals surface area contributed by atoms with Gasteiger partial charge in [0.15, 0.2) is 0 Å². The molecule has 0 aromatic rings. The summed E-state index contributed by atoms with van der Waals surface area (Å²) in [7, 11) is 0. The van der Waals surface area contributed by atoms with E-state index in [2.05, 4.69) is 24.2 Å². The number of hydrogen-bond acceptors (Lipinski definition) is 1. The van der Waals surface area contributed by atoms with E-state index in [1.165, 1.54) is 19.3 Å². The number of fused-ring (bicyclic) bond motifs is 1. The summed E-state index contributed by atoms with van der Waals surface area (Å²) < 4.78 is 0. The van der Waals surface area contributed by atoms with E-state index in [0.717, 1.165) is 5.92 Å². The zero-order chi connectivity index (χ0) is 6.97. The third-order valence-corrected chi connectivity index (χ3v) is 2.54. The van der Waals surface area contributed by atoms with Crippen LogP contribution in [0.25, 0.3) is 0 Å². The van der Waals surface area contributed by atoms with Crippen molar-refractivity contribution in [1.29, 1.82) is 0 Å². The van der Waals surface area contributed by atoms with Crippen molar-refractivity contribution < 1.29 is 0 Å². The predicted molar refractivity (Wildman–Crippen MR) is 43.4 cm³/mol. The molecule has 2 atom stereocenters. The maximum absolute atomic E-state index is 4.42. The first-order valence-corrected chi connectivity index (χ1v) is 4.03. The van der Waals surface area contributed by atoms with E-state index >= 15 is 0 Å². The smallest absolute Gasteiger partial charge is 0.0564 e. The molecule has 54 valence electrons. The molecule has 0 saturated heterocycles. The van der Waals surface area contributed by atoms with Crippen LogP contribution < -0.4 is 0 Å². The van der Waals surface area contributed by atoms with E-state index < -0.39 is 0 Å². The summed E-state index contributed by atoms with van der Waals surface area (Å²) in [6.07, 6.45) is 8.12. The van der Waals surface area contributed by atoms with Crippen LogP contribution >= 0.6 is 0 Å². The quantitative estimate of drug-likeness (QED) is 0.451. The van der Waals surface area contributed by atoms with Crippen LogP contribution in [-0.2, 0) is 0 Å². The maximum atomic E-state index is 4.42. The van der Waals surface area contributed by atoms with Gasteiger partial charge in [0.2, 0.25) is 0 Å². The summed E-state index contributed by atoms with van der Waals surface area (Å²) in [6, 6.07) is 0.642. The van der Waals surface area contributed by atoms with E-state index in [9.17, 15) is 0 Å². The van der Waals surface area contributed by atoms with Crippen LogP contribution in [0.5, 0.6) is 0 Å². The Bertz CT molecular complexity index is 191. The molecule has 0 fully saturated rings. The molecule has 0 aromatic carbocycles. The molecule has 1 aliphatic heterocycles. The lowest BCUT2D eigenvalue weighted by Crippen LogP contribution is -2.17. The first-order chi connectivity index (χ1) is 4.86. The van der Waals surface area contributed by atoms with Crippen molar-refractivity contribution in [3.63, 3.8) is 0 Å². The first-order valence-electron chi connectivity index (χ1n) is 4.03. The first kappa shape index (κ1) is 6.14. The van der Waals surface area contributed by atoms with Gasteiger partial charge in [0.05, 0.1) is 6.04 Å². The molecular formula is C9H13N. The number of hydrogen-bond donors (Lipinski definition) is 0. The maximum Gasteiger partial charge on any atom is 0.0564 e. The highest BCUT2D eigenvalue weighted by atomic mass is 14.8. The predicted octanol–water partition coefficient (Wildman–Crippen LogP) is 2.19. The molecule has 0 spiro atoms. The molecule has 0 bridgehead atoms. The van der Waals surface area contributed by atoms with Gasteiger partial charge in [0.25, 0.3) is 0 Å². The molecule has 0 aromatic heterocycles. The monoisotopic (exact) mass is 135 g/mol. The van der Waals surface area contributed by atoms with Gasteiger partial charge in [-0.1, -0.05) is 11.6 Å². The summed E-state index contributed by atoms with van der Waals surface area (Å²) >= 11 is 0. The van der Waals surface area contributed by atoms with Crippen molar-refractivity contribution in [2.24, 2.45) is 10.9 Å². The van der Waals surface area contributed by atoms with E-state index in [1.807, 2.05) is 0 Å². The molecule has 0 radical (unpaired) electrons. The molecule has 1 nitrogen and oxygen atoms in total. The van der Waals surface area contributed by atoms with Crippen molar-refractivity contribution in [3.05, 3.63) is 11.6 Å². The van der Waals surface area contributed by atoms with Gasteiger partial charge >= 0.3 is 0 Å². The van der Waals surface area contributed by atoms with Gasteiger partial charge in [0, 0.05) is 0 Å². The lowest BCUT2D eigenvalue weighted by molar-refractivity contribution is 0.443. The standard InChI is InChI=1S/C9H13N/c1-7-2-3-9-8(6-7)4-5-10-9/h2,5,8-9H,3-4,6H2,1H3. The highest BCUT2D eigenvalue weighted by molar-refractivity contribution is 5.61. The van der Waals surface area contributed by atoms with E-state index in [1.54, 1.807) is 5.57 Å². The summed E-state index contributed by atoms with van der Waals surface area (Å²) in [4.78, 5) is 4.42. The highest BCUT2D eigenvalue weighted by Crippen LogP contribution is 2.31. The third-order valence-electron chi connectivity index (χ3n) is 2.54. The molecule has 1 aliphatic carbocycles. The van der Waals surface area contributed by atoms with Gasteiger partial charge in [-0.3, -0.25) is 4.99 Å². The SMILES string of the molecule is CC1=CCC2N=CCC2C1. The van der Waals surface area contributed by atoms with Gasteiger partial charge in [-0.05, 0) is 38.3 Å². The van der Waals surface area contributed by atoms with Crippen molar-refractivity contribution in [3.8, 4) is 0 Å². The van der Waals surface area contributed by atoms with Crippen molar-refractivity contribution in [2.75, 3.05) is 0 Å². The van der Waals surface area contributed by atoms with Gasteiger partial charge in [-0.25, -0.2) is 0 Å². The fraction of sp³-hybridized carbons (Fsp3) is 0.667. The Morgan fingerprint density at radius 3 is 3.30 bits per heavy atom. The number of nitrogens with zero attached hydrogens (tertiary/aromatic N) is 1. The minimum absolute atomic E-state index is 0.642. The van der Waals surface area contributed by atoms with Gasteiger partial charge in [-0.2, -0.15) is 0 Å². The van der Waals surface area contributed by atoms with Crippen LogP contribution in [0.3, 0.4) is 0 Å². The molecule has 10 heavy (non-hydrogen) atoms. The van der Waals surface area contributed by atoms with Crippen LogP contribution in [0.1, 0.15) is 26.2 Å². The lowest BCUT2D eigenvalue weighted by Gasteiger charge is -2.21. The van der Waals surface area contributed by atoms with Crippen molar-refractivity contribution >= 4 is 6.21 Å². The molecular weight excluding hydrogens is 122 g/mol. The molecule has 0 N–H and O–H groups in total. The van der Waals surface area contributed by atoms with E-state index in [0.29, 0.717) is 6.04 Å². The Morgan fingerprint density at radius 1 is 1.50 bits per heavy atom. The van der Waals surface area contributed by atoms with Crippen molar-refractivity contribution in [2.45, 2.75) is 32.2 Å². The molecule has 0 saturated carbocycles.